The van der Waals surface area contributed by atoms with E-state index in [1.54, 1.807) is 13.2 Å². The maximum Gasteiger partial charge on any atom is 0.290 e. The lowest BCUT2D eigenvalue weighted by Crippen LogP contribution is -2.42. The number of aryl methyl sites for hydroxylation is 1. The molecule has 0 aliphatic rings. The van der Waals surface area contributed by atoms with Crippen molar-refractivity contribution >= 4 is 11.6 Å². The van der Waals surface area contributed by atoms with Crippen molar-refractivity contribution in [3.8, 4) is 5.75 Å². The summed E-state index contributed by atoms with van der Waals surface area (Å²) in [4.78, 5) is 12.0. The van der Waals surface area contributed by atoms with Gasteiger partial charge in [-0.25, -0.2) is 0 Å². The Kier molecular flexibility index (Phi) is 4.13. The molecule has 1 heterocycles. The summed E-state index contributed by atoms with van der Waals surface area (Å²) in [5, 5.41) is 2.85. The smallest absolute Gasteiger partial charge is 0.290 e. The topological polar surface area (TPSA) is 42.2 Å². The Morgan fingerprint density at radius 2 is 2.11 bits per heavy atom. The molecule has 0 aliphatic carbocycles. The van der Waals surface area contributed by atoms with Crippen molar-refractivity contribution in [2.75, 3.05) is 12.4 Å². The van der Waals surface area contributed by atoms with Gasteiger partial charge >= 0.3 is 0 Å². The molecule has 1 amide bonds. The predicted molar refractivity (Wildman–Crippen MR) is 73.0 cm³/mol. The van der Waals surface area contributed by atoms with Crippen molar-refractivity contribution in [1.29, 1.82) is 0 Å². The van der Waals surface area contributed by atoms with Crippen LogP contribution in [0.3, 0.4) is 0 Å². The van der Waals surface area contributed by atoms with Crippen molar-refractivity contribution in [2.45, 2.75) is 13.5 Å². The van der Waals surface area contributed by atoms with Crippen LogP contribution in [-0.2, 0) is 11.3 Å². The van der Waals surface area contributed by atoms with Crippen LogP contribution in [0, 0.1) is 6.92 Å². The van der Waals surface area contributed by atoms with Crippen LogP contribution in [-0.4, -0.2) is 13.0 Å². The molecule has 19 heavy (non-hydrogen) atoms. The summed E-state index contributed by atoms with van der Waals surface area (Å²) >= 11 is 0. The van der Waals surface area contributed by atoms with E-state index in [4.69, 9.17) is 4.74 Å². The van der Waals surface area contributed by atoms with Gasteiger partial charge in [0.05, 0.1) is 7.11 Å². The lowest BCUT2D eigenvalue weighted by Gasteiger charge is -2.06. The Morgan fingerprint density at radius 1 is 1.26 bits per heavy atom. The molecule has 0 saturated carbocycles. The van der Waals surface area contributed by atoms with E-state index >= 15 is 0 Å². The van der Waals surface area contributed by atoms with Crippen LogP contribution in [0.15, 0.2) is 48.7 Å². The molecule has 1 aromatic heterocycles. The van der Waals surface area contributed by atoms with Gasteiger partial charge in [-0.2, -0.15) is 4.57 Å². The lowest BCUT2D eigenvalue weighted by atomic mass is 10.3. The molecule has 0 fully saturated rings. The van der Waals surface area contributed by atoms with Crippen LogP contribution in [0.1, 0.15) is 5.69 Å². The SMILES string of the molecule is COc1cccc(NC(=O)C[n+]2ccccc2C)c1. The molecule has 0 bridgehead atoms. The summed E-state index contributed by atoms with van der Waals surface area (Å²) in [7, 11) is 1.60. The molecule has 0 unspecified atom stereocenters. The number of anilines is 1. The number of methoxy groups -OCH3 is 1. The second-order valence-corrected chi connectivity index (χ2v) is 4.25. The van der Waals surface area contributed by atoms with Crippen molar-refractivity contribution in [2.24, 2.45) is 0 Å². The third kappa shape index (κ3) is 3.55. The quantitative estimate of drug-likeness (QED) is 0.850. The van der Waals surface area contributed by atoms with E-state index in [-0.39, 0.29) is 5.91 Å². The molecular weight excluding hydrogens is 240 g/mol. The number of benzene rings is 1. The van der Waals surface area contributed by atoms with Gasteiger partial charge in [0.2, 0.25) is 6.54 Å². The van der Waals surface area contributed by atoms with Gasteiger partial charge in [-0.15, -0.1) is 0 Å². The zero-order chi connectivity index (χ0) is 13.7. The third-order valence-corrected chi connectivity index (χ3v) is 2.84. The van der Waals surface area contributed by atoms with Crippen LogP contribution in [0.5, 0.6) is 5.75 Å². The Hall–Kier alpha value is -2.36. The zero-order valence-corrected chi connectivity index (χ0v) is 11.1. The number of amides is 1. The number of hydrogen-bond donors (Lipinski definition) is 1. The zero-order valence-electron chi connectivity index (χ0n) is 11.1. The Balaban J connectivity index is 2.03. The summed E-state index contributed by atoms with van der Waals surface area (Å²) in [5.74, 6) is 0.661. The molecule has 0 radical (unpaired) electrons. The summed E-state index contributed by atoms with van der Waals surface area (Å²) in [5.41, 5.74) is 1.78. The number of ether oxygens (including phenoxy) is 1. The van der Waals surface area contributed by atoms with Gasteiger partial charge < -0.3 is 10.1 Å². The molecule has 0 saturated heterocycles. The number of nitrogens with one attached hydrogen (secondary N) is 1. The molecule has 98 valence electrons. The predicted octanol–water partition coefficient (Wildman–Crippen LogP) is 1.93. The van der Waals surface area contributed by atoms with Crippen LogP contribution < -0.4 is 14.6 Å². The number of carbonyl (C=O) groups is 1. The number of nitrogens with zero attached hydrogens (tertiary/aromatic N) is 1. The molecule has 0 spiro atoms. The average Bonchev–Trinajstić information content (AvgIpc) is 2.41. The van der Waals surface area contributed by atoms with Gasteiger partial charge in [0.15, 0.2) is 11.9 Å². The molecule has 2 aromatic rings. The summed E-state index contributed by atoms with van der Waals surface area (Å²) in [6, 6.07) is 13.1. The highest BCUT2D eigenvalue weighted by atomic mass is 16.5. The third-order valence-electron chi connectivity index (χ3n) is 2.84. The van der Waals surface area contributed by atoms with E-state index in [0.29, 0.717) is 6.54 Å². The Bertz CT molecular complexity index is 582. The van der Waals surface area contributed by atoms with E-state index in [0.717, 1.165) is 17.1 Å². The Morgan fingerprint density at radius 3 is 2.84 bits per heavy atom. The standard InChI is InChI=1S/C15H16N2O2/c1-12-6-3-4-9-17(12)11-15(18)16-13-7-5-8-14(10-13)19-2/h3-10H,11H2,1-2H3/p+1. The van der Waals surface area contributed by atoms with E-state index in [9.17, 15) is 4.79 Å². The minimum absolute atomic E-state index is 0.0625. The van der Waals surface area contributed by atoms with Gasteiger partial charge in [-0.1, -0.05) is 12.1 Å². The molecule has 4 nitrogen and oxygen atoms in total. The van der Waals surface area contributed by atoms with Crippen molar-refractivity contribution in [3.63, 3.8) is 0 Å². The molecule has 1 N–H and O–H groups in total. The first kappa shape index (κ1) is 13.1. The number of carbonyl (C=O) groups excluding carboxylic acids is 1. The highest BCUT2D eigenvalue weighted by molar-refractivity contribution is 5.89. The summed E-state index contributed by atoms with van der Waals surface area (Å²) < 4.78 is 7.02. The van der Waals surface area contributed by atoms with Crippen molar-refractivity contribution in [3.05, 3.63) is 54.4 Å². The van der Waals surface area contributed by atoms with Gasteiger partial charge in [0.1, 0.15) is 5.75 Å². The number of hydrogen-bond acceptors (Lipinski definition) is 2. The molecule has 0 aliphatic heterocycles. The molecule has 2 rings (SSSR count). The first-order valence-corrected chi connectivity index (χ1v) is 6.08. The number of rotatable bonds is 4. The molecule has 1 aromatic carbocycles. The first-order valence-electron chi connectivity index (χ1n) is 6.08. The van der Waals surface area contributed by atoms with E-state index in [1.807, 2.05) is 54.1 Å². The van der Waals surface area contributed by atoms with Crippen molar-refractivity contribution < 1.29 is 14.1 Å². The highest BCUT2D eigenvalue weighted by Crippen LogP contribution is 2.16. The molecule has 4 heteroatoms. The normalized spacial score (nSPS) is 10.0. The summed E-state index contributed by atoms with van der Waals surface area (Å²) in [6.07, 6.45) is 1.89. The van der Waals surface area contributed by atoms with E-state index < -0.39 is 0 Å². The van der Waals surface area contributed by atoms with Gasteiger partial charge in [-0.05, 0) is 12.1 Å². The number of aromatic nitrogens is 1. The van der Waals surface area contributed by atoms with Crippen molar-refractivity contribution in [1.82, 2.24) is 0 Å². The van der Waals surface area contributed by atoms with Crippen LogP contribution in [0.2, 0.25) is 0 Å². The van der Waals surface area contributed by atoms with Crippen LogP contribution in [0.4, 0.5) is 5.69 Å². The fraction of sp³-hybridized carbons (Fsp3) is 0.200. The monoisotopic (exact) mass is 257 g/mol. The molecule has 0 atom stereocenters. The first-order chi connectivity index (χ1) is 9.19. The lowest BCUT2D eigenvalue weighted by molar-refractivity contribution is -0.690. The van der Waals surface area contributed by atoms with E-state index in [2.05, 4.69) is 5.32 Å². The van der Waals surface area contributed by atoms with Crippen LogP contribution >= 0.6 is 0 Å². The number of pyridine rings is 1. The van der Waals surface area contributed by atoms with E-state index in [1.165, 1.54) is 0 Å². The largest absolute Gasteiger partial charge is 0.497 e. The minimum Gasteiger partial charge on any atom is -0.497 e. The maximum atomic E-state index is 12.0. The fourth-order valence-corrected chi connectivity index (χ4v) is 1.80. The Labute approximate surface area is 112 Å². The minimum atomic E-state index is -0.0625. The fourth-order valence-electron chi connectivity index (χ4n) is 1.80. The second kappa shape index (κ2) is 6.00. The maximum absolute atomic E-state index is 12.0. The highest BCUT2D eigenvalue weighted by Gasteiger charge is 2.11. The van der Waals surface area contributed by atoms with Gasteiger partial charge in [0.25, 0.3) is 5.91 Å². The average molecular weight is 257 g/mol. The summed E-state index contributed by atoms with van der Waals surface area (Å²) in [6.45, 7) is 2.27. The molecular formula is C15H17N2O2+. The van der Waals surface area contributed by atoms with Crippen LogP contribution in [0.25, 0.3) is 0 Å². The second-order valence-electron chi connectivity index (χ2n) is 4.25. The van der Waals surface area contributed by atoms with Gasteiger partial charge in [0, 0.05) is 30.8 Å². The van der Waals surface area contributed by atoms with Gasteiger partial charge in [-0.3, -0.25) is 4.79 Å².